The monoisotopic (exact) mass is 182 g/mol. The molecule has 72 valence electrons. The van der Waals surface area contributed by atoms with E-state index in [9.17, 15) is 4.79 Å². The summed E-state index contributed by atoms with van der Waals surface area (Å²) in [5.41, 5.74) is 2.07. The fourth-order valence-corrected chi connectivity index (χ4v) is 1.18. The summed E-state index contributed by atoms with van der Waals surface area (Å²) in [5.74, 6) is -0.249. The summed E-state index contributed by atoms with van der Waals surface area (Å²) in [5, 5.41) is 4.23. The van der Waals surface area contributed by atoms with Crippen molar-refractivity contribution in [2.45, 2.75) is 27.3 Å². The zero-order valence-electron chi connectivity index (χ0n) is 8.20. The molecule has 0 N–H and O–H groups in total. The fourth-order valence-electron chi connectivity index (χ4n) is 1.18. The first-order chi connectivity index (χ1) is 6.09. The molecule has 0 aliphatic carbocycles. The van der Waals surface area contributed by atoms with E-state index in [0.717, 1.165) is 11.4 Å². The second kappa shape index (κ2) is 4.07. The standard InChI is InChI=1S/C9H14N2O2/c1-7-6-8(2)11(10-7)4-5-13-9(3)12/h6H,4-5H2,1-3H3. The number of aryl methyl sites for hydroxylation is 2. The Morgan fingerprint density at radius 3 is 2.77 bits per heavy atom. The van der Waals surface area contributed by atoms with E-state index in [4.69, 9.17) is 4.74 Å². The summed E-state index contributed by atoms with van der Waals surface area (Å²) in [6.07, 6.45) is 0. The van der Waals surface area contributed by atoms with Crippen molar-refractivity contribution >= 4 is 5.97 Å². The van der Waals surface area contributed by atoms with Crippen LogP contribution in [0.3, 0.4) is 0 Å². The molecule has 13 heavy (non-hydrogen) atoms. The van der Waals surface area contributed by atoms with Gasteiger partial charge in [0.15, 0.2) is 0 Å². The van der Waals surface area contributed by atoms with Crippen molar-refractivity contribution in [1.29, 1.82) is 0 Å². The highest BCUT2D eigenvalue weighted by atomic mass is 16.5. The molecule has 0 aromatic carbocycles. The van der Waals surface area contributed by atoms with Crippen LogP contribution in [0.15, 0.2) is 6.07 Å². The van der Waals surface area contributed by atoms with Gasteiger partial charge in [0.05, 0.1) is 12.2 Å². The average molecular weight is 182 g/mol. The lowest BCUT2D eigenvalue weighted by molar-refractivity contribution is -0.141. The first-order valence-corrected chi connectivity index (χ1v) is 4.24. The lowest BCUT2D eigenvalue weighted by Gasteiger charge is -2.03. The normalized spacial score (nSPS) is 10.1. The molecule has 4 nitrogen and oxygen atoms in total. The molecule has 1 heterocycles. The van der Waals surface area contributed by atoms with Gasteiger partial charge in [-0.1, -0.05) is 0 Å². The van der Waals surface area contributed by atoms with E-state index in [1.165, 1.54) is 6.92 Å². The summed E-state index contributed by atoms with van der Waals surface area (Å²) < 4.78 is 6.64. The van der Waals surface area contributed by atoms with Crippen molar-refractivity contribution in [2.24, 2.45) is 0 Å². The Balaban J connectivity index is 2.45. The number of hydrogen-bond donors (Lipinski definition) is 0. The van der Waals surface area contributed by atoms with Gasteiger partial charge in [0, 0.05) is 12.6 Å². The summed E-state index contributed by atoms with van der Waals surface area (Å²) in [4.78, 5) is 10.5. The lowest BCUT2D eigenvalue weighted by Crippen LogP contribution is -2.11. The lowest BCUT2D eigenvalue weighted by atomic mass is 10.4. The highest BCUT2D eigenvalue weighted by Crippen LogP contribution is 2.00. The van der Waals surface area contributed by atoms with Crippen LogP contribution in [0.4, 0.5) is 0 Å². The van der Waals surface area contributed by atoms with Crippen LogP contribution in [-0.4, -0.2) is 22.4 Å². The van der Waals surface area contributed by atoms with Crippen LogP contribution in [0.1, 0.15) is 18.3 Å². The molecule has 0 saturated carbocycles. The summed E-state index contributed by atoms with van der Waals surface area (Å²) in [6, 6.07) is 1.99. The van der Waals surface area contributed by atoms with Gasteiger partial charge in [-0.25, -0.2) is 0 Å². The van der Waals surface area contributed by atoms with E-state index in [0.29, 0.717) is 13.2 Å². The van der Waals surface area contributed by atoms with E-state index in [1.807, 2.05) is 24.6 Å². The van der Waals surface area contributed by atoms with Gasteiger partial charge in [-0.15, -0.1) is 0 Å². The van der Waals surface area contributed by atoms with Crippen molar-refractivity contribution in [3.05, 3.63) is 17.5 Å². The Labute approximate surface area is 77.5 Å². The summed E-state index contributed by atoms with van der Waals surface area (Å²) in [6.45, 7) is 6.33. The molecule has 0 atom stereocenters. The second-order valence-electron chi connectivity index (χ2n) is 2.99. The molecule has 4 heteroatoms. The van der Waals surface area contributed by atoms with Crippen molar-refractivity contribution in [3.8, 4) is 0 Å². The highest BCUT2D eigenvalue weighted by molar-refractivity contribution is 5.65. The van der Waals surface area contributed by atoms with E-state index in [1.54, 1.807) is 0 Å². The molecular formula is C9H14N2O2. The number of carbonyl (C=O) groups excluding carboxylic acids is 1. The molecule has 0 saturated heterocycles. The topological polar surface area (TPSA) is 44.1 Å². The van der Waals surface area contributed by atoms with E-state index < -0.39 is 0 Å². The van der Waals surface area contributed by atoms with Gasteiger partial charge in [0.2, 0.25) is 0 Å². The Hall–Kier alpha value is -1.32. The molecule has 0 aliphatic rings. The van der Waals surface area contributed by atoms with Crippen LogP contribution in [0.2, 0.25) is 0 Å². The molecule has 1 aromatic rings. The van der Waals surface area contributed by atoms with Gasteiger partial charge in [0.1, 0.15) is 6.61 Å². The summed E-state index contributed by atoms with van der Waals surface area (Å²) >= 11 is 0. The molecule has 1 aromatic heterocycles. The number of rotatable bonds is 3. The third-order valence-corrected chi connectivity index (χ3v) is 1.71. The van der Waals surface area contributed by atoms with Gasteiger partial charge in [-0.2, -0.15) is 5.10 Å². The quantitative estimate of drug-likeness (QED) is 0.656. The van der Waals surface area contributed by atoms with Crippen molar-refractivity contribution in [3.63, 3.8) is 0 Å². The third kappa shape index (κ3) is 2.89. The SMILES string of the molecule is CC(=O)OCCn1nc(C)cc1C. The predicted octanol–water partition coefficient (Wildman–Crippen LogP) is 1.06. The molecule has 0 bridgehead atoms. The Kier molecular flexibility index (Phi) is 3.06. The maximum absolute atomic E-state index is 10.5. The average Bonchev–Trinajstić information content (AvgIpc) is 2.29. The van der Waals surface area contributed by atoms with Crippen LogP contribution in [-0.2, 0) is 16.1 Å². The third-order valence-electron chi connectivity index (χ3n) is 1.71. The number of carbonyl (C=O) groups is 1. The molecule has 0 spiro atoms. The van der Waals surface area contributed by atoms with Crippen LogP contribution in [0, 0.1) is 13.8 Å². The zero-order valence-corrected chi connectivity index (χ0v) is 8.20. The first kappa shape index (κ1) is 9.77. The van der Waals surface area contributed by atoms with Gasteiger partial charge in [-0.3, -0.25) is 9.48 Å². The molecular weight excluding hydrogens is 168 g/mol. The maximum Gasteiger partial charge on any atom is 0.302 e. The molecule has 1 rings (SSSR count). The van der Waals surface area contributed by atoms with Crippen molar-refractivity contribution in [1.82, 2.24) is 9.78 Å². The van der Waals surface area contributed by atoms with Crippen LogP contribution in [0.5, 0.6) is 0 Å². The van der Waals surface area contributed by atoms with Crippen molar-refractivity contribution in [2.75, 3.05) is 6.61 Å². The molecule has 0 fully saturated rings. The van der Waals surface area contributed by atoms with Crippen molar-refractivity contribution < 1.29 is 9.53 Å². The smallest absolute Gasteiger partial charge is 0.302 e. The Morgan fingerprint density at radius 1 is 1.62 bits per heavy atom. The van der Waals surface area contributed by atoms with Crippen LogP contribution in [0.25, 0.3) is 0 Å². The minimum atomic E-state index is -0.249. The molecule has 0 aliphatic heterocycles. The second-order valence-corrected chi connectivity index (χ2v) is 2.99. The predicted molar refractivity (Wildman–Crippen MR) is 48.3 cm³/mol. The maximum atomic E-state index is 10.5. The van der Waals surface area contributed by atoms with E-state index >= 15 is 0 Å². The first-order valence-electron chi connectivity index (χ1n) is 4.24. The number of ether oxygens (including phenoxy) is 1. The Morgan fingerprint density at radius 2 is 2.31 bits per heavy atom. The number of aromatic nitrogens is 2. The number of esters is 1. The minimum absolute atomic E-state index is 0.249. The highest BCUT2D eigenvalue weighted by Gasteiger charge is 2.00. The minimum Gasteiger partial charge on any atom is -0.464 e. The van der Waals surface area contributed by atoms with E-state index in [-0.39, 0.29) is 5.97 Å². The molecule has 0 unspecified atom stereocenters. The van der Waals surface area contributed by atoms with Gasteiger partial charge < -0.3 is 4.74 Å². The molecule has 0 amide bonds. The molecule has 0 radical (unpaired) electrons. The summed E-state index contributed by atoms with van der Waals surface area (Å²) in [7, 11) is 0. The van der Waals surface area contributed by atoms with Gasteiger partial charge in [-0.05, 0) is 19.9 Å². The number of nitrogens with zero attached hydrogens (tertiary/aromatic N) is 2. The van der Waals surface area contributed by atoms with E-state index in [2.05, 4.69) is 5.10 Å². The fraction of sp³-hybridized carbons (Fsp3) is 0.556. The largest absolute Gasteiger partial charge is 0.464 e. The number of hydrogen-bond acceptors (Lipinski definition) is 3. The zero-order chi connectivity index (χ0) is 9.84. The van der Waals surface area contributed by atoms with Crippen LogP contribution >= 0.6 is 0 Å². The Bertz CT molecular complexity index is 305. The van der Waals surface area contributed by atoms with Crippen LogP contribution < -0.4 is 0 Å². The van der Waals surface area contributed by atoms with Gasteiger partial charge in [0.25, 0.3) is 0 Å². The van der Waals surface area contributed by atoms with Gasteiger partial charge >= 0.3 is 5.97 Å².